The maximum Gasteiger partial charge on any atom is 0.341 e. The first-order chi connectivity index (χ1) is 12.4. The van der Waals surface area contributed by atoms with Crippen molar-refractivity contribution in [3.63, 3.8) is 0 Å². The van der Waals surface area contributed by atoms with Crippen LogP contribution in [0.5, 0.6) is 5.75 Å². The molecule has 0 heterocycles. The average molecular weight is 365 g/mol. The summed E-state index contributed by atoms with van der Waals surface area (Å²) in [7, 11) is 2.84. The third kappa shape index (κ3) is 6.02. The van der Waals surface area contributed by atoms with Crippen molar-refractivity contribution in [2.75, 3.05) is 26.1 Å². The summed E-state index contributed by atoms with van der Waals surface area (Å²) in [4.78, 5) is 24.7. The Morgan fingerprint density at radius 1 is 1.12 bits per heavy atom. The number of unbranched alkanes of at least 4 members (excludes halogenated alkanes) is 2. The van der Waals surface area contributed by atoms with E-state index in [-0.39, 0.29) is 11.5 Å². The minimum absolute atomic E-state index is 0.246. The summed E-state index contributed by atoms with van der Waals surface area (Å²) in [5, 5.41) is 2.83. The zero-order valence-electron chi connectivity index (χ0n) is 16.5. The summed E-state index contributed by atoms with van der Waals surface area (Å²) >= 11 is 0. The Morgan fingerprint density at radius 2 is 1.81 bits per heavy atom. The molecule has 0 spiro atoms. The Kier molecular flexibility index (Phi) is 9.13. The molecule has 0 saturated carbocycles. The number of carbonyl (C=O) groups excluding carboxylic acids is 2. The molecule has 0 aliphatic heterocycles. The molecule has 26 heavy (non-hydrogen) atoms. The van der Waals surface area contributed by atoms with Crippen LogP contribution in [0.15, 0.2) is 18.2 Å². The first-order valence-electron chi connectivity index (χ1n) is 9.13. The third-order valence-electron chi connectivity index (χ3n) is 4.34. The lowest BCUT2D eigenvalue weighted by Crippen LogP contribution is -2.41. The Labute approximate surface area is 156 Å². The van der Waals surface area contributed by atoms with Gasteiger partial charge in [0.15, 0.2) is 0 Å². The number of anilines is 1. The molecule has 0 aliphatic carbocycles. The molecule has 1 atom stereocenters. The van der Waals surface area contributed by atoms with Crippen LogP contribution in [0, 0.1) is 0 Å². The number of ether oxygens (including phenoxy) is 3. The normalized spacial score (nSPS) is 13.0. The highest BCUT2D eigenvalue weighted by Crippen LogP contribution is 2.26. The van der Waals surface area contributed by atoms with E-state index in [0.717, 1.165) is 25.7 Å². The summed E-state index contributed by atoms with van der Waals surface area (Å²) in [6.45, 7) is 6.41. The van der Waals surface area contributed by atoms with Crippen molar-refractivity contribution in [2.24, 2.45) is 0 Å². The lowest BCUT2D eigenvalue weighted by atomic mass is 9.97. The second-order valence-electron chi connectivity index (χ2n) is 6.40. The number of amides is 1. The quantitative estimate of drug-likeness (QED) is 0.470. The van der Waals surface area contributed by atoms with Crippen molar-refractivity contribution in [2.45, 2.75) is 58.5 Å². The highest BCUT2D eigenvalue weighted by Gasteiger charge is 2.32. The fourth-order valence-corrected chi connectivity index (χ4v) is 2.42. The summed E-state index contributed by atoms with van der Waals surface area (Å²) in [5.41, 5.74) is -0.135. The van der Waals surface area contributed by atoms with Crippen molar-refractivity contribution >= 4 is 17.6 Å². The number of nitrogens with one attached hydrogen (secondary N) is 1. The molecular formula is C20H31NO5. The van der Waals surface area contributed by atoms with Gasteiger partial charge in [-0.15, -0.1) is 0 Å². The number of hydrogen-bond acceptors (Lipinski definition) is 5. The van der Waals surface area contributed by atoms with Gasteiger partial charge in [0.1, 0.15) is 16.9 Å². The van der Waals surface area contributed by atoms with Crippen LogP contribution in [0.3, 0.4) is 0 Å². The number of benzene rings is 1. The molecule has 6 heteroatoms. The molecule has 1 N–H and O–H groups in total. The molecule has 0 radical (unpaired) electrons. The highest BCUT2D eigenvalue weighted by atomic mass is 16.5. The van der Waals surface area contributed by atoms with E-state index in [0.29, 0.717) is 24.5 Å². The van der Waals surface area contributed by atoms with Crippen molar-refractivity contribution in [1.29, 1.82) is 0 Å². The van der Waals surface area contributed by atoms with Crippen molar-refractivity contribution < 1.29 is 23.8 Å². The van der Waals surface area contributed by atoms with Gasteiger partial charge in [-0.1, -0.05) is 33.1 Å². The van der Waals surface area contributed by atoms with Crippen molar-refractivity contribution in [1.82, 2.24) is 0 Å². The van der Waals surface area contributed by atoms with E-state index in [1.807, 2.05) is 0 Å². The molecule has 6 nitrogen and oxygen atoms in total. The third-order valence-corrected chi connectivity index (χ3v) is 4.34. The lowest BCUT2D eigenvalue weighted by molar-refractivity contribution is -0.136. The Morgan fingerprint density at radius 3 is 2.38 bits per heavy atom. The summed E-state index contributed by atoms with van der Waals surface area (Å²) in [5.74, 6) is -0.305. The van der Waals surface area contributed by atoms with E-state index in [1.54, 1.807) is 25.1 Å². The summed E-state index contributed by atoms with van der Waals surface area (Å²) in [6, 6.07) is 4.95. The van der Waals surface area contributed by atoms with Gasteiger partial charge >= 0.3 is 5.97 Å². The second kappa shape index (κ2) is 10.8. The molecule has 0 unspecified atom stereocenters. The molecule has 0 bridgehead atoms. The maximum atomic E-state index is 12.6. The van der Waals surface area contributed by atoms with Gasteiger partial charge in [0.05, 0.1) is 13.7 Å². The molecule has 0 saturated heterocycles. The smallest absolute Gasteiger partial charge is 0.341 e. The van der Waals surface area contributed by atoms with E-state index in [9.17, 15) is 9.59 Å². The first-order valence-corrected chi connectivity index (χ1v) is 9.13. The van der Waals surface area contributed by atoms with E-state index in [4.69, 9.17) is 14.2 Å². The van der Waals surface area contributed by atoms with Crippen LogP contribution in [-0.4, -0.2) is 38.3 Å². The fraction of sp³-hybridized carbons (Fsp3) is 0.600. The highest BCUT2D eigenvalue weighted by molar-refractivity contribution is 5.99. The SMILES string of the molecule is CCCCOc1ccc(NC(=O)[C@@](C)(CCCC)OC)cc1C(=O)OC. The van der Waals surface area contributed by atoms with E-state index in [2.05, 4.69) is 19.2 Å². The number of rotatable bonds is 11. The number of methoxy groups -OCH3 is 2. The van der Waals surface area contributed by atoms with Crippen LogP contribution in [0.2, 0.25) is 0 Å². The van der Waals surface area contributed by atoms with Gasteiger partial charge in [0.2, 0.25) is 0 Å². The fourth-order valence-electron chi connectivity index (χ4n) is 2.42. The van der Waals surface area contributed by atoms with Crippen molar-refractivity contribution in [3.05, 3.63) is 23.8 Å². The van der Waals surface area contributed by atoms with Gasteiger partial charge in [-0.3, -0.25) is 4.79 Å². The minimum atomic E-state index is -0.919. The first kappa shape index (κ1) is 22.0. The minimum Gasteiger partial charge on any atom is -0.493 e. The van der Waals surface area contributed by atoms with Gasteiger partial charge in [-0.25, -0.2) is 4.79 Å². The van der Waals surface area contributed by atoms with Crippen molar-refractivity contribution in [3.8, 4) is 5.75 Å². The molecule has 146 valence electrons. The molecule has 1 rings (SSSR count). The molecule has 1 aromatic rings. The number of esters is 1. The zero-order valence-corrected chi connectivity index (χ0v) is 16.5. The second-order valence-corrected chi connectivity index (χ2v) is 6.40. The Hall–Kier alpha value is -2.08. The van der Waals surface area contributed by atoms with Crippen LogP contribution >= 0.6 is 0 Å². The molecule has 0 fully saturated rings. The van der Waals surface area contributed by atoms with E-state index in [1.165, 1.54) is 14.2 Å². The Bertz CT molecular complexity index is 602. The molecule has 0 aliphatic rings. The summed E-state index contributed by atoms with van der Waals surface area (Å²) < 4.78 is 15.9. The van der Waals surface area contributed by atoms with Gasteiger partial charge < -0.3 is 19.5 Å². The molecule has 0 aromatic heterocycles. The van der Waals surface area contributed by atoms with Crippen LogP contribution < -0.4 is 10.1 Å². The Balaban J connectivity index is 2.99. The molecule has 1 amide bonds. The van der Waals surface area contributed by atoms with Gasteiger partial charge in [-0.2, -0.15) is 0 Å². The lowest BCUT2D eigenvalue weighted by Gasteiger charge is -2.27. The van der Waals surface area contributed by atoms with Crippen LogP contribution in [-0.2, 0) is 14.3 Å². The number of hydrogen-bond donors (Lipinski definition) is 1. The van der Waals surface area contributed by atoms with E-state index < -0.39 is 11.6 Å². The predicted molar refractivity (Wildman–Crippen MR) is 102 cm³/mol. The van der Waals surface area contributed by atoms with Crippen LogP contribution in [0.1, 0.15) is 63.2 Å². The standard InChI is InChI=1S/C20H31NO5/c1-6-8-12-20(3,25-5)19(23)21-15-10-11-17(26-13-9-7-2)16(14-15)18(22)24-4/h10-11,14H,6-9,12-13H2,1-5H3,(H,21,23)/t20-/m1/s1. The predicted octanol–water partition coefficient (Wildman–Crippen LogP) is 4.19. The number of carbonyl (C=O) groups is 2. The van der Waals surface area contributed by atoms with Crippen LogP contribution in [0.4, 0.5) is 5.69 Å². The van der Waals surface area contributed by atoms with Crippen LogP contribution in [0.25, 0.3) is 0 Å². The van der Waals surface area contributed by atoms with Gasteiger partial charge in [-0.05, 0) is 38.0 Å². The average Bonchev–Trinajstić information content (AvgIpc) is 2.66. The molecule has 1 aromatic carbocycles. The van der Waals surface area contributed by atoms with E-state index >= 15 is 0 Å². The zero-order chi connectivity index (χ0) is 19.6. The molecular weight excluding hydrogens is 334 g/mol. The van der Waals surface area contributed by atoms with Gasteiger partial charge in [0, 0.05) is 12.8 Å². The largest absolute Gasteiger partial charge is 0.493 e. The monoisotopic (exact) mass is 365 g/mol. The summed E-state index contributed by atoms with van der Waals surface area (Å²) in [6.07, 6.45) is 4.36. The topological polar surface area (TPSA) is 73.9 Å². The van der Waals surface area contributed by atoms with Gasteiger partial charge in [0.25, 0.3) is 5.91 Å². The maximum absolute atomic E-state index is 12.6.